The molecule has 1 aromatic carbocycles. The van der Waals surface area contributed by atoms with E-state index in [1.165, 1.54) is 32.1 Å². The van der Waals surface area contributed by atoms with E-state index in [1.807, 2.05) is 0 Å². The molecule has 3 N–H and O–H groups in total. The Balaban J connectivity index is 0.00000450. The van der Waals surface area contributed by atoms with Gasteiger partial charge in [-0.25, -0.2) is 13.1 Å². The number of ether oxygens (including phenoxy) is 1. The van der Waals surface area contributed by atoms with Crippen molar-refractivity contribution in [2.75, 3.05) is 26.2 Å². The fraction of sp³-hybridized carbons (Fsp3) is 0.684. The average molecular weight is 510 g/mol. The summed E-state index contributed by atoms with van der Waals surface area (Å²) in [6.07, 6.45) is 3.17. The smallest absolute Gasteiger partial charge is 0.406 e. The summed E-state index contributed by atoms with van der Waals surface area (Å²) in [7, 11) is -3.75. The maximum atomic E-state index is 12.2. The second-order valence-corrected chi connectivity index (χ2v) is 8.93. The number of hydrogen-bond acceptors (Lipinski definition) is 5. The molecule has 0 spiro atoms. The van der Waals surface area contributed by atoms with Gasteiger partial charge in [-0.2, -0.15) is 0 Å². The maximum absolute atomic E-state index is 12.2. The summed E-state index contributed by atoms with van der Waals surface area (Å²) in [6, 6.07) is 4.78. The summed E-state index contributed by atoms with van der Waals surface area (Å²) >= 11 is 0. The van der Waals surface area contributed by atoms with E-state index in [0.717, 1.165) is 50.3 Å². The first-order valence-electron chi connectivity index (χ1n) is 10.1. The van der Waals surface area contributed by atoms with E-state index in [-0.39, 0.29) is 36.3 Å². The topological polar surface area (TPSA) is 79.5 Å². The third-order valence-electron chi connectivity index (χ3n) is 4.78. The molecule has 12 heteroatoms. The lowest BCUT2D eigenvalue weighted by Crippen LogP contribution is -2.36. The van der Waals surface area contributed by atoms with Crippen molar-refractivity contribution >= 4 is 34.8 Å². The number of unbranched alkanes of at least 4 members (excludes halogenated alkanes) is 1. The molecule has 0 aliphatic heterocycles. The molecule has 0 atom stereocenters. The van der Waals surface area contributed by atoms with E-state index < -0.39 is 22.1 Å². The monoisotopic (exact) mass is 509 g/mol. The van der Waals surface area contributed by atoms with Crippen LogP contribution < -0.4 is 20.1 Å². The number of sulfonamides is 1. The second kappa shape index (κ2) is 15.1. The zero-order valence-corrected chi connectivity index (χ0v) is 19.7. The van der Waals surface area contributed by atoms with Gasteiger partial charge in [0.05, 0.1) is 4.90 Å². The van der Waals surface area contributed by atoms with Crippen molar-refractivity contribution in [2.45, 2.75) is 62.2 Å². The summed E-state index contributed by atoms with van der Waals surface area (Å²) < 4.78 is 66.9. The van der Waals surface area contributed by atoms with Gasteiger partial charge in [0.1, 0.15) is 5.75 Å². The molecule has 0 radical (unpaired) electrons. The van der Waals surface area contributed by atoms with Crippen LogP contribution in [0.15, 0.2) is 29.2 Å². The van der Waals surface area contributed by atoms with Crippen molar-refractivity contribution in [3.05, 3.63) is 24.3 Å². The molecule has 0 aromatic heterocycles. The van der Waals surface area contributed by atoms with Crippen molar-refractivity contribution in [3.8, 4) is 5.75 Å². The Morgan fingerprint density at radius 1 is 0.903 bits per heavy atom. The number of alkyl halides is 3. The number of rotatable bonds is 12. The summed E-state index contributed by atoms with van der Waals surface area (Å²) in [5, 5.41) is 6.89. The number of benzene rings is 1. The van der Waals surface area contributed by atoms with Crippen LogP contribution in [0.5, 0.6) is 5.75 Å². The van der Waals surface area contributed by atoms with Crippen LogP contribution in [0.25, 0.3) is 0 Å². The van der Waals surface area contributed by atoms with E-state index in [9.17, 15) is 21.6 Å². The summed E-state index contributed by atoms with van der Waals surface area (Å²) in [5.41, 5.74) is 0. The van der Waals surface area contributed by atoms with Gasteiger partial charge in [0.15, 0.2) is 0 Å². The van der Waals surface area contributed by atoms with Gasteiger partial charge in [-0.15, -0.1) is 38.0 Å². The molecule has 31 heavy (non-hydrogen) atoms. The first-order valence-corrected chi connectivity index (χ1v) is 11.5. The number of nitrogens with one attached hydrogen (secondary N) is 3. The molecule has 0 saturated heterocycles. The maximum Gasteiger partial charge on any atom is 0.573 e. The Kier molecular flexibility index (Phi) is 14.7. The minimum Gasteiger partial charge on any atom is -0.406 e. The second-order valence-electron chi connectivity index (χ2n) is 7.16. The Bertz CT molecular complexity index is 702. The lowest BCUT2D eigenvalue weighted by Gasteiger charge is -2.22. The summed E-state index contributed by atoms with van der Waals surface area (Å²) in [4.78, 5) is -0.0982. The van der Waals surface area contributed by atoms with E-state index in [2.05, 4.69) is 20.1 Å². The van der Waals surface area contributed by atoms with Crippen LogP contribution in [0.4, 0.5) is 13.2 Å². The number of hydrogen-bond donors (Lipinski definition) is 3. The molecule has 1 fully saturated rings. The Morgan fingerprint density at radius 2 is 1.52 bits per heavy atom. The molecule has 0 amide bonds. The average Bonchev–Trinajstić information content (AvgIpc) is 2.66. The molecular formula is C19H32Cl2F3N3O3S. The highest BCUT2D eigenvalue weighted by atomic mass is 35.5. The largest absolute Gasteiger partial charge is 0.573 e. The van der Waals surface area contributed by atoms with Crippen molar-refractivity contribution in [1.82, 2.24) is 15.4 Å². The van der Waals surface area contributed by atoms with Crippen LogP contribution in [0, 0.1) is 0 Å². The van der Waals surface area contributed by atoms with Crippen LogP contribution in [-0.2, 0) is 10.0 Å². The van der Waals surface area contributed by atoms with E-state index in [1.54, 1.807) is 0 Å². The minimum absolute atomic E-state index is 0. The first kappa shape index (κ1) is 30.2. The van der Waals surface area contributed by atoms with Crippen molar-refractivity contribution < 1.29 is 26.3 Å². The van der Waals surface area contributed by atoms with Gasteiger partial charge in [0.2, 0.25) is 10.0 Å². The van der Waals surface area contributed by atoms with Crippen molar-refractivity contribution in [1.29, 1.82) is 0 Å². The fourth-order valence-corrected chi connectivity index (χ4v) is 4.36. The van der Waals surface area contributed by atoms with Gasteiger partial charge in [-0.1, -0.05) is 19.3 Å². The van der Waals surface area contributed by atoms with Gasteiger partial charge in [0, 0.05) is 25.7 Å². The van der Waals surface area contributed by atoms with Crippen molar-refractivity contribution in [3.63, 3.8) is 0 Å². The predicted octanol–water partition coefficient (Wildman–Crippen LogP) is 4.00. The van der Waals surface area contributed by atoms with Crippen LogP contribution in [0.3, 0.4) is 0 Å². The molecule has 1 aliphatic carbocycles. The summed E-state index contributed by atoms with van der Waals surface area (Å²) in [5.74, 6) is -0.458. The molecule has 1 saturated carbocycles. The van der Waals surface area contributed by atoms with Crippen LogP contribution in [0.2, 0.25) is 0 Å². The minimum atomic E-state index is -4.81. The normalized spacial score (nSPS) is 15.1. The zero-order valence-electron chi connectivity index (χ0n) is 17.2. The Morgan fingerprint density at radius 3 is 2.13 bits per heavy atom. The van der Waals surface area contributed by atoms with Gasteiger partial charge >= 0.3 is 6.36 Å². The molecule has 1 aliphatic rings. The third-order valence-corrected chi connectivity index (χ3v) is 6.26. The first-order chi connectivity index (χ1) is 13.8. The van der Waals surface area contributed by atoms with E-state index in [0.29, 0.717) is 12.5 Å². The quantitative estimate of drug-likeness (QED) is 0.371. The van der Waals surface area contributed by atoms with Crippen LogP contribution >= 0.6 is 24.8 Å². The zero-order chi connectivity index (χ0) is 21.2. The molecule has 2 rings (SSSR count). The van der Waals surface area contributed by atoms with E-state index in [4.69, 9.17) is 0 Å². The molecule has 0 unspecified atom stereocenters. The van der Waals surface area contributed by atoms with Gasteiger partial charge in [-0.05, 0) is 56.5 Å². The highest BCUT2D eigenvalue weighted by Crippen LogP contribution is 2.23. The number of halogens is 5. The fourth-order valence-electron chi connectivity index (χ4n) is 3.28. The molecule has 6 nitrogen and oxygen atoms in total. The molecule has 0 bridgehead atoms. The SMILES string of the molecule is Cl.Cl.O=S(=O)(NCCCCNCCNC1CCCCC1)c1ccc(OC(F)(F)F)cc1. The van der Waals surface area contributed by atoms with Crippen LogP contribution in [0.1, 0.15) is 44.9 Å². The molecule has 0 heterocycles. The van der Waals surface area contributed by atoms with E-state index >= 15 is 0 Å². The molecular weight excluding hydrogens is 478 g/mol. The Labute approximate surface area is 194 Å². The lowest BCUT2D eigenvalue weighted by atomic mass is 9.95. The molecule has 182 valence electrons. The third kappa shape index (κ3) is 12.7. The Hall–Kier alpha value is -0.780. The van der Waals surface area contributed by atoms with Gasteiger partial charge in [-0.3, -0.25) is 0 Å². The standard InChI is InChI=1S/C19H30F3N3O3S.2ClH/c20-19(21,22)28-17-8-10-18(11-9-17)29(26,27)25-13-5-4-12-23-14-15-24-16-6-2-1-3-7-16;;/h8-11,16,23-25H,1-7,12-15H2;2*1H. The highest BCUT2D eigenvalue weighted by molar-refractivity contribution is 7.89. The van der Waals surface area contributed by atoms with Gasteiger partial charge in [0.25, 0.3) is 0 Å². The van der Waals surface area contributed by atoms with Gasteiger partial charge < -0.3 is 15.4 Å². The molecule has 1 aromatic rings. The lowest BCUT2D eigenvalue weighted by molar-refractivity contribution is -0.274. The highest BCUT2D eigenvalue weighted by Gasteiger charge is 2.31. The predicted molar refractivity (Wildman–Crippen MR) is 120 cm³/mol. The van der Waals surface area contributed by atoms with Crippen LogP contribution in [-0.4, -0.2) is 47.0 Å². The summed E-state index contributed by atoms with van der Waals surface area (Å²) in [6.45, 7) is 2.89. The van der Waals surface area contributed by atoms with Crippen molar-refractivity contribution in [2.24, 2.45) is 0 Å².